The molecule has 66 valence electrons. The van der Waals surface area contributed by atoms with Crippen LogP contribution in [0, 0.1) is 0 Å². The SMILES string of the molecule is CC(C)(O)CSC1CCCC1. The van der Waals surface area contributed by atoms with E-state index in [1.807, 2.05) is 25.6 Å². The molecule has 0 amide bonds. The summed E-state index contributed by atoms with van der Waals surface area (Å²) >= 11 is 1.94. The average molecular weight is 174 g/mol. The molecule has 1 aliphatic carbocycles. The van der Waals surface area contributed by atoms with Crippen molar-refractivity contribution >= 4 is 11.8 Å². The van der Waals surface area contributed by atoms with Gasteiger partial charge >= 0.3 is 0 Å². The zero-order valence-electron chi connectivity index (χ0n) is 7.47. The molecule has 0 heterocycles. The topological polar surface area (TPSA) is 20.2 Å². The van der Waals surface area contributed by atoms with Crippen LogP contribution in [0.25, 0.3) is 0 Å². The van der Waals surface area contributed by atoms with E-state index in [2.05, 4.69) is 0 Å². The van der Waals surface area contributed by atoms with E-state index in [4.69, 9.17) is 0 Å². The summed E-state index contributed by atoms with van der Waals surface area (Å²) in [5, 5.41) is 10.3. The lowest BCUT2D eigenvalue weighted by Crippen LogP contribution is -2.23. The summed E-state index contributed by atoms with van der Waals surface area (Å²) in [7, 11) is 0. The van der Waals surface area contributed by atoms with Crippen LogP contribution in [-0.4, -0.2) is 21.7 Å². The Morgan fingerprint density at radius 1 is 1.36 bits per heavy atom. The van der Waals surface area contributed by atoms with Gasteiger partial charge < -0.3 is 5.11 Å². The van der Waals surface area contributed by atoms with Crippen molar-refractivity contribution in [1.82, 2.24) is 0 Å². The van der Waals surface area contributed by atoms with E-state index in [0.29, 0.717) is 0 Å². The first kappa shape index (κ1) is 9.40. The van der Waals surface area contributed by atoms with E-state index in [1.54, 1.807) is 0 Å². The Kier molecular flexibility index (Phi) is 3.26. The fourth-order valence-electron chi connectivity index (χ4n) is 1.38. The standard InChI is InChI=1S/C9H18OS/c1-9(2,10)7-11-8-5-3-4-6-8/h8,10H,3-7H2,1-2H3. The molecule has 0 aromatic carbocycles. The van der Waals surface area contributed by atoms with Crippen molar-refractivity contribution in [2.24, 2.45) is 0 Å². The maximum atomic E-state index is 9.46. The highest BCUT2D eigenvalue weighted by Gasteiger charge is 2.19. The molecule has 11 heavy (non-hydrogen) atoms. The molecule has 0 atom stereocenters. The van der Waals surface area contributed by atoms with Crippen LogP contribution in [0.5, 0.6) is 0 Å². The summed E-state index contributed by atoms with van der Waals surface area (Å²) in [4.78, 5) is 0. The van der Waals surface area contributed by atoms with E-state index in [9.17, 15) is 5.11 Å². The number of hydrogen-bond donors (Lipinski definition) is 1. The zero-order chi connectivity index (χ0) is 8.32. The van der Waals surface area contributed by atoms with E-state index in [-0.39, 0.29) is 0 Å². The fourth-order valence-corrected chi connectivity index (χ4v) is 2.69. The number of aliphatic hydroxyl groups is 1. The first-order valence-corrected chi connectivity index (χ1v) is 5.47. The molecular formula is C9H18OS. The third-order valence-corrected chi connectivity index (χ3v) is 3.79. The molecule has 1 nitrogen and oxygen atoms in total. The van der Waals surface area contributed by atoms with Crippen molar-refractivity contribution in [2.45, 2.75) is 50.4 Å². The van der Waals surface area contributed by atoms with Crippen molar-refractivity contribution < 1.29 is 5.11 Å². The third kappa shape index (κ3) is 4.02. The summed E-state index contributed by atoms with van der Waals surface area (Å²) in [6.45, 7) is 3.77. The molecule has 1 aliphatic rings. The van der Waals surface area contributed by atoms with Crippen LogP contribution in [0.4, 0.5) is 0 Å². The first-order valence-electron chi connectivity index (χ1n) is 4.42. The van der Waals surface area contributed by atoms with E-state index in [1.165, 1.54) is 25.7 Å². The minimum atomic E-state index is -0.479. The lowest BCUT2D eigenvalue weighted by molar-refractivity contribution is 0.107. The molecule has 0 spiro atoms. The molecule has 0 saturated heterocycles. The molecule has 0 radical (unpaired) electrons. The van der Waals surface area contributed by atoms with Gasteiger partial charge in [0.05, 0.1) is 5.60 Å². The Labute approximate surface area is 73.6 Å². The second kappa shape index (κ2) is 3.81. The normalized spacial score (nSPS) is 21.0. The van der Waals surface area contributed by atoms with Gasteiger partial charge in [0.2, 0.25) is 0 Å². The average Bonchev–Trinajstić information content (AvgIpc) is 2.32. The molecule has 1 saturated carbocycles. The minimum Gasteiger partial charge on any atom is -0.390 e. The minimum absolute atomic E-state index is 0.479. The maximum Gasteiger partial charge on any atom is 0.0681 e. The second-order valence-corrected chi connectivity index (χ2v) is 5.32. The summed E-state index contributed by atoms with van der Waals surface area (Å²) in [6, 6.07) is 0. The largest absolute Gasteiger partial charge is 0.390 e. The Balaban J connectivity index is 2.11. The predicted molar refractivity (Wildman–Crippen MR) is 51.0 cm³/mol. The number of thioether (sulfide) groups is 1. The van der Waals surface area contributed by atoms with Crippen molar-refractivity contribution in [3.63, 3.8) is 0 Å². The lowest BCUT2D eigenvalue weighted by atomic mass is 10.2. The molecule has 0 aromatic rings. The summed E-state index contributed by atoms with van der Waals surface area (Å²) in [5.74, 6) is 0.887. The molecule has 1 rings (SSSR count). The lowest BCUT2D eigenvalue weighted by Gasteiger charge is -2.18. The monoisotopic (exact) mass is 174 g/mol. The Bertz CT molecular complexity index is 111. The van der Waals surface area contributed by atoms with Gasteiger partial charge in [-0.25, -0.2) is 0 Å². The highest BCUT2D eigenvalue weighted by Crippen LogP contribution is 2.31. The quantitative estimate of drug-likeness (QED) is 0.709. The van der Waals surface area contributed by atoms with Crippen LogP contribution in [-0.2, 0) is 0 Å². The van der Waals surface area contributed by atoms with E-state index < -0.39 is 5.60 Å². The van der Waals surface area contributed by atoms with Gasteiger partial charge in [-0.1, -0.05) is 12.8 Å². The van der Waals surface area contributed by atoms with Crippen LogP contribution >= 0.6 is 11.8 Å². The fraction of sp³-hybridized carbons (Fsp3) is 1.00. The van der Waals surface area contributed by atoms with Gasteiger partial charge in [-0.3, -0.25) is 0 Å². The molecule has 2 heteroatoms. The maximum absolute atomic E-state index is 9.46. The molecule has 0 aliphatic heterocycles. The van der Waals surface area contributed by atoms with Crippen molar-refractivity contribution in [3.05, 3.63) is 0 Å². The third-order valence-electron chi connectivity index (χ3n) is 1.97. The highest BCUT2D eigenvalue weighted by atomic mass is 32.2. The van der Waals surface area contributed by atoms with Gasteiger partial charge in [-0.15, -0.1) is 0 Å². The van der Waals surface area contributed by atoms with Gasteiger partial charge in [0.25, 0.3) is 0 Å². The van der Waals surface area contributed by atoms with Gasteiger partial charge in [0.1, 0.15) is 0 Å². The molecule has 1 fully saturated rings. The predicted octanol–water partition coefficient (Wildman–Crippen LogP) is 2.43. The number of rotatable bonds is 3. The van der Waals surface area contributed by atoms with Crippen molar-refractivity contribution in [1.29, 1.82) is 0 Å². The van der Waals surface area contributed by atoms with Crippen LogP contribution in [0.3, 0.4) is 0 Å². The van der Waals surface area contributed by atoms with Crippen LogP contribution in [0.2, 0.25) is 0 Å². The summed E-state index contributed by atoms with van der Waals surface area (Å²) in [6.07, 6.45) is 5.51. The first-order chi connectivity index (χ1) is 5.08. The molecule has 0 bridgehead atoms. The molecule has 0 unspecified atom stereocenters. The number of hydrogen-bond acceptors (Lipinski definition) is 2. The summed E-state index contributed by atoms with van der Waals surface area (Å²) in [5.41, 5.74) is -0.479. The molecular weight excluding hydrogens is 156 g/mol. The smallest absolute Gasteiger partial charge is 0.0681 e. The van der Waals surface area contributed by atoms with E-state index >= 15 is 0 Å². The van der Waals surface area contributed by atoms with Crippen LogP contribution in [0.15, 0.2) is 0 Å². The summed E-state index contributed by atoms with van der Waals surface area (Å²) < 4.78 is 0. The Hall–Kier alpha value is 0.310. The Morgan fingerprint density at radius 3 is 2.36 bits per heavy atom. The van der Waals surface area contributed by atoms with Gasteiger partial charge in [0, 0.05) is 11.0 Å². The van der Waals surface area contributed by atoms with Crippen LogP contribution < -0.4 is 0 Å². The second-order valence-electron chi connectivity index (χ2n) is 4.03. The highest BCUT2D eigenvalue weighted by molar-refractivity contribution is 7.99. The zero-order valence-corrected chi connectivity index (χ0v) is 8.28. The van der Waals surface area contributed by atoms with E-state index in [0.717, 1.165) is 11.0 Å². The Morgan fingerprint density at radius 2 is 1.91 bits per heavy atom. The molecule has 0 aromatic heterocycles. The van der Waals surface area contributed by atoms with Gasteiger partial charge in [0.15, 0.2) is 0 Å². The van der Waals surface area contributed by atoms with Crippen molar-refractivity contribution in [3.8, 4) is 0 Å². The van der Waals surface area contributed by atoms with Gasteiger partial charge in [-0.05, 0) is 26.7 Å². The molecule has 1 N–H and O–H groups in total. The van der Waals surface area contributed by atoms with Crippen molar-refractivity contribution in [2.75, 3.05) is 5.75 Å². The van der Waals surface area contributed by atoms with Crippen LogP contribution in [0.1, 0.15) is 39.5 Å². The van der Waals surface area contributed by atoms with Gasteiger partial charge in [-0.2, -0.15) is 11.8 Å².